The van der Waals surface area contributed by atoms with Crippen molar-refractivity contribution in [1.29, 1.82) is 0 Å². The summed E-state index contributed by atoms with van der Waals surface area (Å²) in [7, 11) is 0.104. The highest BCUT2D eigenvalue weighted by Gasteiger charge is 2.35. The third-order valence-electron chi connectivity index (χ3n) is 5.26. The van der Waals surface area contributed by atoms with Crippen LogP contribution in [0.2, 0.25) is 0 Å². The first-order valence-corrected chi connectivity index (χ1v) is 11.7. The Morgan fingerprint density at radius 3 is 2.73 bits per heavy atom. The monoisotopic (exact) mass is 465 g/mol. The second-order valence-corrected chi connectivity index (χ2v) is 9.91. The molecule has 11 heteroatoms. The number of benzene rings is 2. The standard InChI is InChI=1S/C22H19N5O5S/c1-26(2)11-18-23-21(32-25-18)13-6-5-7-14(10-13)27-20-15-8-3-4-9-17(15)33(30,31)12-16(20)19(24-27)22(28)29/h3-10H,11-12H2,1-2H3,(H,28,29). The van der Waals surface area contributed by atoms with Gasteiger partial charge in [-0.15, -0.1) is 0 Å². The van der Waals surface area contributed by atoms with Crippen molar-refractivity contribution in [2.45, 2.75) is 17.2 Å². The van der Waals surface area contributed by atoms with E-state index in [1.54, 1.807) is 42.5 Å². The largest absolute Gasteiger partial charge is 0.476 e. The lowest BCUT2D eigenvalue weighted by Gasteiger charge is -2.19. The van der Waals surface area contributed by atoms with Gasteiger partial charge in [0.05, 0.1) is 28.6 Å². The van der Waals surface area contributed by atoms with Gasteiger partial charge < -0.3 is 14.5 Å². The maximum Gasteiger partial charge on any atom is 0.356 e. The lowest BCUT2D eigenvalue weighted by atomic mass is 10.1. The van der Waals surface area contributed by atoms with Gasteiger partial charge in [0, 0.05) is 16.7 Å². The zero-order chi connectivity index (χ0) is 23.3. The fourth-order valence-corrected chi connectivity index (χ4v) is 5.51. The molecule has 0 fully saturated rings. The zero-order valence-electron chi connectivity index (χ0n) is 17.8. The van der Waals surface area contributed by atoms with Crippen molar-refractivity contribution >= 4 is 15.8 Å². The van der Waals surface area contributed by atoms with Gasteiger partial charge in [0.1, 0.15) is 0 Å². The van der Waals surface area contributed by atoms with Gasteiger partial charge >= 0.3 is 5.97 Å². The molecule has 0 bridgehead atoms. The van der Waals surface area contributed by atoms with Gasteiger partial charge in [-0.25, -0.2) is 17.9 Å². The molecule has 0 unspecified atom stereocenters. The second-order valence-electron chi connectivity index (χ2n) is 7.95. The van der Waals surface area contributed by atoms with Gasteiger partial charge in [-0.05, 0) is 38.4 Å². The summed E-state index contributed by atoms with van der Waals surface area (Å²) in [6, 6.07) is 13.6. The van der Waals surface area contributed by atoms with Crippen LogP contribution < -0.4 is 0 Å². The number of nitrogens with zero attached hydrogens (tertiary/aromatic N) is 5. The highest BCUT2D eigenvalue weighted by molar-refractivity contribution is 7.90. The SMILES string of the molecule is CN(C)Cc1noc(-c2cccc(-n3nc(C(=O)O)c4c3-c3ccccc3S(=O)(=O)C4)c2)n1. The van der Waals surface area contributed by atoms with Crippen LogP contribution in [-0.4, -0.2) is 58.4 Å². The average Bonchev–Trinajstić information content (AvgIpc) is 3.38. The minimum absolute atomic E-state index is 0.150. The van der Waals surface area contributed by atoms with E-state index in [1.807, 2.05) is 19.0 Å². The van der Waals surface area contributed by atoms with Crippen molar-refractivity contribution < 1.29 is 22.8 Å². The van der Waals surface area contributed by atoms with E-state index in [-0.39, 0.29) is 16.2 Å². The molecule has 2 aromatic carbocycles. The number of fused-ring (bicyclic) bond motifs is 3. The Morgan fingerprint density at radius 2 is 1.97 bits per heavy atom. The van der Waals surface area contributed by atoms with Crippen LogP contribution in [0.1, 0.15) is 21.9 Å². The summed E-state index contributed by atoms with van der Waals surface area (Å²) in [5.74, 6) is -0.876. The van der Waals surface area contributed by atoms with Crippen molar-refractivity contribution in [3.63, 3.8) is 0 Å². The molecule has 1 aliphatic heterocycles. The third-order valence-corrected chi connectivity index (χ3v) is 6.96. The van der Waals surface area contributed by atoms with E-state index in [4.69, 9.17) is 4.52 Å². The number of hydrogen-bond acceptors (Lipinski definition) is 8. The Labute approximate surface area is 189 Å². The Bertz CT molecular complexity index is 1500. The number of carboxylic acids is 1. The molecule has 0 radical (unpaired) electrons. The molecule has 5 rings (SSSR count). The van der Waals surface area contributed by atoms with Crippen LogP contribution >= 0.6 is 0 Å². The number of hydrogen-bond donors (Lipinski definition) is 1. The Hall–Kier alpha value is -3.83. The summed E-state index contributed by atoms with van der Waals surface area (Å²) in [6.45, 7) is 0.517. The molecule has 1 N–H and O–H groups in total. The molecule has 0 amide bonds. The zero-order valence-corrected chi connectivity index (χ0v) is 18.6. The normalized spacial score (nSPS) is 14.2. The molecule has 0 saturated heterocycles. The van der Waals surface area contributed by atoms with E-state index >= 15 is 0 Å². The minimum Gasteiger partial charge on any atom is -0.476 e. The molecule has 0 saturated carbocycles. The number of aromatic carboxylic acids is 1. The van der Waals surface area contributed by atoms with Gasteiger partial charge in [0.15, 0.2) is 21.4 Å². The van der Waals surface area contributed by atoms with Gasteiger partial charge in [-0.3, -0.25) is 0 Å². The van der Waals surface area contributed by atoms with Crippen molar-refractivity contribution in [2.75, 3.05) is 14.1 Å². The van der Waals surface area contributed by atoms with Crippen LogP contribution in [0.3, 0.4) is 0 Å². The molecule has 4 aromatic rings. The summed E-state index contributed by atoms with van der Waals surface area (Å²) >= 11 is 0. The van der Waals surface area contributed by atoms with E-state index in [9.17, 15) is 18.3 Å². The van der Waals surface area contributed by atoms with Gasteiger partial charge in [0.2, 0.25) is 0 Å². The van der Waals surface area contributed by atoms with E-state index in [0.29, 0.717) is 40.8 Å². The number of rotatable bonds is 5. The first-order valence-electron chi connectivity index (χ1n) is 10.00. The number of carboxylic acid groups (broad SMARTS) is 1. The summed E-state index contributed by atoms with van der Waals surface area (Å²) in [5.41, 5.74) is 1.89. The average molecular weight is 465 g/mol. The van der Waals surface area contributed by atoms with E-state index < -0.39 is 21.6 Å². The van der Waals surface area contributed by atoms with E-state index in [0.717, 1.165) is 0 Å². The first-order chi connectivity index (χ1) is 15.7. The highest BCUT2D eigenvalue weighted by Crippen LogP contribution is 2.40. The topological polar surface area (TPSA) is 131 Å². The molecule has 0 atom stereocenters. The maximum atomic E-state index is 12.8. The van der Waals surface area contributed by atoms with Crippen LogP contribution in [0.25, 0.3) is 28.4 Å². The summed E-state index contributed by atoms with van der Waals surface area (Å²) in [6.07, 6.45) is 0. The molecule has 168 valence electrons. The fraction of sp³-hybridized carbons (Fsp3) is 0.182. The summed E-state index contributed by atoms with van der Waals surface area (Å²) in [5, 5.41) is 18.0. The van der Waals surface area contributed by atoms with Crippen LogP contribution in [0, 0.1) is 0 Å². The summed E-state index contributed by atoms with van der Waals surface area (Å²) in [4.78, 5) is 18.4. The Kier molecular flexibility index (Phi) is 4.87. The first kappa shape index (κ1) is 21.0. The van der Waals surface area contributed by atoms with Crippen LogP contribution in [-0.2, 0) is 22.1 Å². The highest BCUT2D eigenvalue weighted by atomic mass is 32.2. The molecule has 2 aromatic heterocycles. The van der Waals surface area contributed by atoms with Gasteiger partial charge in [0.25, 0.3) is 5.89 Å². The second kappa shape index (κ2) is 7.64. The smallest absolute Gasteiger partial charge is 0.356 e. The third kappa shape index (κ3) is 3.60. The van der Waals surface area contributed by atoms with Crippen LogP contribution in [0.4, 0.5) is 0 Å². The predicted octanol–water partition coefficient (Wildman–Crippen LogP) is 2.64. The van der Waals surface area contributed by atoms with Crippen LogP contribution in [0.5, 0.6) is 0 Å². The maximum absolute atomic E-state index is 12.8. The lowest BCUT2D eigenvalue weighted by molar-refractivity contribution is 0.0689. The van der Waals surface area contributed by atoms with Crippen molar-refractivity contribution in [1.82, 2.24) is 24.8 Å². The predicted molar refractivity (Wildman–Crippen MR) is 118 cm³/mol. The molecular weight excluding hydrogens is 446 g/mol. The quantitative estimate of drug-likeness (QED) is 0.472. The molecule has 10 nitrogen and oxygen atoms in total. The molecule has 3 heterocycles. The van der Waals surface area contributed by atoms with Gasteiger partial charge in [-0.2, -0.15) is 10.1 Å². The molecule has 1 aliphatic rings. The Balaban J connectivity index is 1.68. The number of aromatic nitrogens is 4. The molecular formula is C22H19N5O5S. The van der Waals surface area contributed by atoms with Crippen LogP contribution in [0.15, 0.2) is 57.9 Å². The lowest BCUT2D eigenvalue weighted by Crippen LogP contribution is -2.15. The number of carbonyl (C=O) groups is 1. The minimum atomic E-state index is -3.69. The van der Waals surface area contributed by atoms with Crippen molar-refractivity contribution in [3.05, 3.63) is 65.6 Å². The van der Waals surface area contributed by atoms with E-state index in [1.165, 1.54) is 10.7 Å². The number of sulfone groups is 1. The van der Waals surface area contributed by atoms with Crippen molar-refractivity contribution in [3.8, 4) is 28.4 Å². The summed E-state index contributed by atoms with van der Waals surface area (Å²) < 4.78 is 32.5. The molecule has 33 heavy (non-hydrogen) atoms. The van der Waals surface area contributed by atoms with Crippen molar-refractivity contribution in [2.24, 2.45) is 0 Å². The Morgan fingerprint density at radius 1 is 1.18 bits per heavy atom. The molecule has 0 aliphatic carbocycles. The molecule has 0 spiro atoms. The van der Waals surface area contributed by atoms with E-state index in [2.05, 4.69) is 15.2 Å². The van der Waals surface area contributed by atoms with Gasteiger partial charge in [-0.1, -0.05) is 29.4 Å². The fourth-order valence-electron chi connectivity index (χ4n) is 3.91.